The van der Waals surface area contributed by atoms with Crippen LogP contribution in [0.4, 0.5) is 4.79 Å². The van der Waals surface area contributed by atoms with Gasteiger partial charge < -0.3 is 9.47 Å². The van der Waals surface area contributed by atoms with Crippen molar-refractivity contribution in [2.45, 2.75) is 52.4 Å². The molecule has 0 bridgehead atoms. The highest BCUT2D eigenvalue weighted by atomic mass is 127. The van der Waals surface area contributed by atoms with Crippen LogP contribution in [-0.4, -0.2) is 35.7 Å². The molecule has 0 aliphatic carbocycles. The molecule has 0 spiro atoms. The molecule has 4 aromatic heterocycles. The number of rotatable bonds is 6. The Morgan fingerprint density at radius 2 is 1.02 bits per heavy atom. The zero-order chi connectivity index (χ0) is 34.2. The van der Waals surface area contributed by atoms with E-state index in [1.165, 1.54) is 9.36 Å². The molecular formula is C37H34I2N6O3. The zero-order valence-corrected chi connectivity index (χ0v) is 31.7. The van der Waals surface area contributed by atoms with E-state index in [9.17, 15) is 4.79 Å². The number of carbonyl (C=O) groups is 1. The van der Waals surface area contributed by atoms with Crippen LogP contribution in [0, 0.1) is 7.14 Å². The van der Waals surface area contributed by atoms with Gasteiger partial charge in [-0.3, -0.25) is 0 Å². The predicted molar refractivity (Wildman–Crippen MR) is 203 cm³/mol. The van der Waals surface area contributed by atoms with E-state index in [-0.39, 0.29) is 22.6 Å². The number of halogens is 2. The average molecular weight is 865 g/mol. The summed E-state index contributed by atoms with van der Waals surface area (Å²) in [5.41, 5.74) is 5.06. The number of aromatic nitrogens is 6. The Morgan fingerprint density at radius 1 is 0.604 bits per heavy atom. The number of hydrogen-bond acceptors (Lipinski definition) is 7. The first-order chi connectivity index (χ1) is 22.8. The lowest BCUT2D eigenvalue weighted by atomic mass is 9.83. The van der Waals surface area contributed by atoms with Crippen molar-refractivity contribution < 1.29 is 14.3 Å². The number of pyridine rings is 2. The van der Waals surface area contributed by atoms with Gasteiger partial charge in [-0.05, 0) is 116 Å². The first kappa shape index (κ1) is 33.8. The Bertz CT molecular complexity index is 1950. The van der Waals surface area contributed by atoms with Crippen LogP contribution in [0.2, 0.25) is 0 Å². The van der Waals surface area contributed by atoms with Gasteiger partial charge in [-0.1, -0.05) is 65.8 Å². The minimum absolute atomic E-state index is 0.156. The van der Waals surface area contributed by atoms with Gasteiger partial charge in [-0.15, -0.1) is 0 Å². The second kappa shape index (κ2) is 13.4. The highest BCUT2D eigenvalue weighted by Crippen LogP contribution is 2.37. The van der Waals surface area contributed by atoms with Crippen molar-refractivity contribution in [2.75, 3.05) is 0 Å². The summed E-state index contributed by atoms with van der Waals surface area (Å²) in [4.78, 5) is 22.5. The monoisotopic (exact) mass is 864 g/mol. The summed E-state index contributed by atoms with van der Waals surface area (Å²) in [5, 5.41) is 9.71. The molecular weight excluding hydrogens is 830 g/mol. The van der Waals surface area contributed by atoms with E-state index in [2.05, 4.69) is 109 Å². The minimum atomic E-state index is -0.959. The fraction of sp³-hybridized carbons (Fsp3) is 0.216. The molecule has 4 heterocycles. The fourth-order valence-corrected chi connectivity index (χ4v) is 6.32. The Kier molecular flexibility index (Phi) is 9.44. The number of hydrogen-bond donors (Lipinski definition) is 0. The number of carbonyl (C=O) groups excluding carboxylic acids is 1. The second-order valence-electron chi connectivity index (χ2n) is 13.3. The normalized spacial score (nSPS) is 11.8. The predicted octanol–water partition coefficient (Wildman–Crippen LogP) is 9.56. The van der Waals surface area contributed by atoms with E-state index in [0.717, 1.165) is 29.4 Å². The molecule has 0 N–H and O–H groups in total. The van der Waals surface area contributed by atoms with Crippen molar-refractivity contribution in [1.82, 2.24) is 29.5 Å². The average Bonchev–Trinajstić information content (AvgIpc) is 3.65. The van der Waals surface area contributed by atoms with Crippen molar-refractivity contribution in [1.29, 1.82) is 0 Å². The first-order valence-corrected chi connectivity index (χ1v) is 17.5. The molecule has 9 nitrogen and oxygen atoms in total. The van der Waals surface area contributed by atoms with Gasteiger partial charge in [0.15, 0.2) is 11.6 Å². The molecule has 0 radical (unpaired) electrons. The summed E-state index contributed by atoms with van der Waals surface area (Å²) in [7, 11) is 0. The van der Waals surface area contributed by atoms with E-state index in [4.69, 9.17) is 19.7 Å². The second-order valence-corrected chi connectivity index (χ2v) is 15.8. The van der Waals surface area contributed by atoms with Gasteiger partial charge in [-0.25, -0.2) is 14.8 Å². The van der Waals surface area contributed by atoms with Crippen molar-refractivity contribution in [3.8, 4) is 45.9 Å². The number of ether oxygens (including phenoxy) is 2. The maximum absolute atomic E-state index is 13.6. The Labute approximate surface area is 307 Å². The summed E-state index contributed by atoms with van der Waals surface area (Å²) in [6.45, 7) is 13.0. The van der Waals surface area contributed by atoms with E-state index in [1.807, 2.05) is 48.5 Å². The van der Waals surface area contributed by atoms with E-state index in [1.54, 1.807) is 36.7 Å². The topological polar surface area (TPSA) is 97.0 Å². The van der Waals surface area contributed by atoms with Crippen LogP contribution < -0.4 is 9.47 Å². The smallest absolute Gasteiger partial charge is 0.375 e. The molecule has 0 aliphatic rings. The molecule has 0 unspecified atom stereocenters. The quantitative estimate of drug-likeness (QED) is 0.122. The van der Waals surface area contributed by atoms with E-state index in [0.29, 0.717) is 23.0 Å². The Morgan fingerprint density at radius 3 is 1.38 bits per heavy atom. The van der Waals surface area contributed by atoms with Crippen LogP contribution in [-0.2, 0) is 10.8 Å². The van der Waals surface area contributed by atoms with Gasteiger partial charge in [0.05, 0.1) is 11.4 Å². The molecule has 48 heavy (non-hydrogen) atoms. The third-order valence-corrected chi connectivity index (χ3v) is 8.93. The molecule has 244 valence electrons. The van der Waals surface area contributed by atoms with Crippen LogP contribution in [0.25, 0.3) is 34.2 Å². The third-order valence-electron chi connectivity index (χ3n) is 7.59. The summed E-state index contributed by atoms with van der Waals surface area (Å²) < 4.78 is 17.0. The maximum Gasteiger partial charge on any atom is 0.522 e. The molecule has 6 rings (SSSR count). The van der Waals surface area contributed by atoms with E-state index >= 15 is 0 Å². The van der Waals surface area contributed by atoms with Gasteiger partial charge in [0.25, 0.3) is 0 Å². The molecule has 0 aliphatic heterocycles. The van der Waals surface area contributed by atoms with Crippen LogP contribution in [0.3, 0.4) is 0 Å². The van der Waals surface area contributed by atoms with Gasteiger partial charge >= 0.3 is 6.16 Å². The molecule has 0 atom stereocenters. The van der Waals surface area contributed by atoms with Crippen LogP contribution in [0.15, 0.2) is 97.3 Å². The minimum Gasteiger partial charge on any atom is -0.375 e. The lowest BCUT2D eigenvalue weighted by molar-refractivity contribution is 0.145. The van der Waals surface area contributed by atoms with Crippen LogP contribution in [0.1, 0.15) is 52.7 Å². The SMILES string of the molecule is CC(C)(C)c1cc(I)ccc1-c1cc(OC(=O)Oc2cc(-c3ccc(I)cc3C(C)(C)C)nn2-c2ccccn2)n(-c2ccccn2)n1. The molecule has 0 saturated heterocycles. The lowest BCUT2D eigenvalue weighted by Crippen LogP contribution is -2.18. The first-order valence-electron chi connectivity index (χ1n) is 15.3. The molecule has 11 heteroatoms. The summed E-state index contributed by atoms with van der Waals surface area (Å²) >= 11 is 4.63. The number of nitrogens with zero attached hydrogens (tertiary/aromatic N) is 6. The van der Waals surface area contributed by atoms with Gasteiger partial charge in [0.1, 0.15) is 0 Å². The van der Waals surface area contributed by atoms with Crippen molar-refractivity contribution in [2.24, 2.45) is 0 Å². The lowest BCUT2D eigenvalue weighted by Gasteiger charge is -2.22. The molecule has 0 amide bonds. The van der Waals surface area contributed by atoms with Gasteiger partial charge in [-0.2, -0.15) is 19.6 Å². The maximum atomic E-state index is 13.6. The Balaban J connectivity index is 1.40. The standard InChI is InChI=1S/C37H34I2N6O3/c1-36(2,3)27-19-23(38)13-15-25(27)29-21-33(44(42-29)31-11-7-9-17-40-31)47-35(46)48-34-22-30(43-45(34)32-12-8-10-18-41-32)26-16-14-24(39)20-28(26)37(4,5)6/h7-22H,1-6H3. The van der Waals surface area contributed by atoms with Gasteiger partial charge in [0.2, 0.25) is 11.8 Å². The molecule has 0 saturated carbocycles. The van der Waals surface area contributed by atoms with Gasteiger partial charge in [0, 0.05) is 42.8 Å². The summed E-state index contributed by atoms with van der Waals surface area (Å²) in [6.07, 6.45) is 2.36. The molecule has 2 aromatic carbocycles. The largest absolute Gasteiger partial charge is 0.522 e. The zero-order valence-electron chi connectivity index (χ0n) is 27.4. The summed E-state index contributed by atoms with van der Waals surface area (Å²) in [6, 6.07) is 26.8. The third kappa shape index (κ3) is 7.31. The highest BCUT2D eigenvalue weighted by molar-refractivity contribution is 14.1. The van der Waals surface area contributed by atoms with Crippen molar-refractivity contribution >= 4 is 51.3 Å². The van der Waals surface area contributed by atoms with Crippen LogP contribution in [0.5, 0.6) is 11.8 Å². The Hall–Kier alpha value is -4.11. The molecule has 6 aromatic rings. The van der Waals surface area contributed by atoms with Crippen molar-refractivity contribution in [3.05, 3.63) is 116 Å². The van der Waals surface area contributed by atoms with E-state index < -0.39 is 6.16 Å². The van der Waals surface area contributed by atoms with Crippen molar-refractivity contribution in [3.63, 3.8) is 0 Å². The summed E-state index contributed by atoms with van der Waals surface area (Å²) in [5.74, 6) is 1.29. The molecule has 0 fully saturated rings. The highest BCUT2D eigenvalue weighted by Gasteiger charge is 2.26. The van der Waals surface area contributed by atoms with Crippen LogP contribution >= 0.6 is 45.2 Å². The number of benzene rings is 2. The fourth-order valence-electron chi connectivity index (χ4n) is 5.34.